The summed E-state index contributed by atoms with van der Waals surface area (Å²) in [7, 11) is 0. The summed E-state index contributed by atoms with van der Waals surface area (Å²) in [5, 5.41) is 9.48. The molecule has 7 heteroatoms. The number of piperidine rings is 1. The van der Waals surface area contributed by atoms with E-state index in [2.05, 4.69) is 0 Å². The summed E-state index contributed by atoms with van der Waals surface area (Å²) in [4.78, 5) is 16.5. The molecule has 29 heavy (non-hydrogen) atoms. The normalized spacial score (nSPS) is 25.6. The molecular weight excluding hydrogens is 398 g/mol. The van der Waals surface area contributed by atoms with Crippen LogP contribution in [0.5, 0.6) is 5.75 Å². The number of nitrogens with zero attached hydrogens (tertiary/aromatic N) is 2. The van der Waals surface area contributed by atoms with Gasteiger partial charge in [-0.1, -0.05) is 29.8 Å². The van der Waals surface area contributed by atoms with Gasteiger partial charge in [0.25, 0.3) is 0 Å². The van der Waals surface area contributed by atoms with Crippen LogP contribution in [0, 0.1) is 5.82 Å². The summed E-state index contributed by atoms with van der Waals surface area (Å²) < 4.78 is 28.6. The van der Waals surface area contributed by atoms with Crippen molar-refractivity contribution in [1.82, 2.24) is 9.80 Å². The molecule has 2 aliphatic rings. The summed E-state index contributed by atoms with van der Waals surface area (Å²) in [6.45, 7) is 1.76. The summed E-state index contributed by atoms with van der Waals surface area (Å²) in [6.07, 6.45) is 0.199. The monoisotopic (exact) mass is 420 g/mol. The molecule has 1 N–H and O–H groups in total. The molecule has 2 saturated heterocycles. The number of amides is 1. The number of hydrogen-bond donors (Lipinski definition) is 1. The molecule has 2 aliphatic heterocycles. The zero-order valence-electron chi connectivity index (χ0n) is 15.9. The third kappa shape index (κ3) is 4.23. The number of aromatic hydroxyl groups is 1. The number of phenolic OH excluding ortho intramolecular Hbond substituents is 1. The van der Waals surface area contributed by atoms with Gasteiger partial charge in [0.2, 0.25) is 5.91 Å². The first-order chi connectivity index (χ1) is 13.9. The number of alkyl halides is 1. The van der Waals surface area contributed by atoms with E-state index >= 15 is 0 Å². The lowest BCUT2D eigenvalue weighted by atomic mass is 9.87. The van der Waals surface area contributed by atoms with Crippen LogP contribution in [0.3, 0.4) is 0 Å². The van der Waals surface area contributed by atoms with Crippen LogP contribution in [0.1, 0.15) is 29.9 Å². The maximum atomic E-state index is 14.9. The summed E-state index contributed by atoms with van der Waals surface area (Å²) in [5.74, 6) is -0.588. The quantitative estimate of drug-likeness (QED) is 0.809. The van der Waals surface area contributed by atoms with Gasteiger partial charge in [-0.25, -0.2) is 8.78 Å². The van der Waals surface area contributed by atoms with Crippen LogP contribution in [-0.2, 0) is 11.3 Å². The van der Waals surface area contributed by atoms with Gasteiger partial charge in [0.15, 0.2) is 0 Å². The average molecular weight is 421 g/mol. The average Bonchev–Trinajstić information content (AvgIpc) is 3.06. The number of rotatable bonds is 4. The highest BCUT2D eigenvalue weighted by molar-refractivity contribution is 6.30. The van der Waals surface area contributed by atoms with Gasteiger partial charge in [0.1, 0.15) is 17.7 Å². The molecule has 0 unspecified atom stereocenters. The lowest BCUT2D eigenvalue weighted by molar-refractivity contribution is -0.133. The van der Waals surface area contributed by atoms with Crippen LogP contribution in [0.4, 0.5) is 8.78 Å². The predicted octanol–water partition coefficient (Wildman–Crippen LogP) is 4.11. The molecule has 1 amide bonds. The second kappa shape index (κ2) is 8.28. The summed E-state index contributed by atoms with van der Waals surface area (Å²) in [5.41, 5.74) is 1.56. The van der Waals surface area contributed by atoms with Crippen LogP contribution in [0.25, 0.3) is 0 Å². The smallest absolute Gasteiger partial charge is 0.240 e. The van der Waals surface area contributed by atoms with E-state index in [-0.39, 0.29) is 35.2 Å². The largest absolute Gasteiger partial charge is 0.508 e. The molecule has 2 aromatic rings. The molecule has 154 valence electrons. The zero-order chi connectivity index (χ0) is 20.5. The number of carbonyl (C=O) groups excluding carboxylic acids is 1. The molecule has 2 fully saturated rings. The van der Waals surface area contributed by atoms with E-state index in [1.54, 1.807) is 35.2 Å². The van der Waals surface area contributed by atoms with Crippen molar-refractivity contribution in [2.24, 2.45) is 0 Å². The molecule has 3 atom stereocenters. The predicted molar refractivity (Wildman–Crippen MR) is 107 cm³/mol. The molecule has 0 saturated carbocycles. The number of likely N-dealkylation sites (tertiary alicyclic amines) is 2. The molecule has 0 aromatic heterocycles. The van der Waals surface area contributed by atoms with Crippen molar-refractivity contribution in [3.63, 3.8) is 0 Å². The van der Waals surface area contributed by atoms with Crippen LogP contribution in [0.2, 0.25) is 5.02 Å². The van der Waals surface area contributed by atoms with E-state index in [0.29, 0.717) is 38.0 Å². The Hall–Kier alpha value is -2.18. The minimum absolute atomic E-state index is 0.0318. The highest BCUT2D eigenvalue weighted by atomic mass is 35.5. The SMILES string of the molecule is O=C1[C@H](N2CC[C@H](c3ccc(O)cc3)[C@@H](F)C2)CCN1Cc1ccc(Cl)c(F)c1. The fraction of sp³-hybridized carbons (Fsp3) is 0.409. The molecule has 0 bridgehead atoms. The van der Waals surface area contributed by atoms with Gasteiger partial charge in [-0.05, 0) is 54.8 Å². The van der Waals surface area contributed by atoms with Gasteiger partial charge in [0, 0.05) is 25.6 Å². The van der Waals surface area contributed by atoms with Crippen molar-refractivity contribution in [2.45, 2.75) is 37.5 Å². The lowest BCUT2D eigenvalue weighted by Crippen LogP contribution is -2.49. The number of benzene rings is 2. The maximum Gasteiger partial charge on any atom is 0.240 e. The van der Waals surface area contributed by atoms with Crippen molar-refractivity contribution in [3.8, 4) is 5.75 Å². The lowest BCUT2D eigenvalue weighted by Gasteiger charge is -2.37. The Morgan fingerprint density at radius 1 is 1.10 bits per heavy atom. The van der Waals surface area contributed by atoms with Crippen molar-refractivity contribution >= 4 is 17.5 Å². The maximum absolute atomic E-state index is 14.9. The second-order valence-corrected chi connectivity index (χ2v) is 8.22. The summed E-state index contributed by atoms with van der Waals surface area (Å²) >= 11 is 5.72. The zero-order valence-corrected chi connectivity index (χ0v) is 16.7. The van der Waals surface area contributed by atoms with Crippen LogP contribution in [0.15, 0.2) is 42.5 Å². The van der Waals surface area contributed by atoms with E-state index < -0.39 is 12.0 Å². The van der Waals surface area contributed by atoms with E-state index in [4.69, 9.17) is 11.6 Å². The first-order valence-electron chi connectivity index (χ1n) is 9.82. The Morgan fingerprint density at radius 3 is 2.55 bits per heavy atom. The van der Waals surface area contributed by atoms with Gasteiger partial charge in [-0.2, -0.15) is 0 Å². The Bertz CT molecular complexity index is 893. The molecular formula is C22H23ClF2N2O2. The summed E-state index contributed by atoms with van der Waals surface area (Å²) in [6, 6.07) is 10.9. The fourth-order valence-electron chi connectivity index (χ4n) is 4.39. The highest BCUT2D eigenvalue weighted by Gasteiger charge is 2.40. The first-order valence-corrected chi connectivity index (χ1v) is 10.2. The van der Waals surface area contributed by atoms with E-state index in [0.717, 1.165) is 5.56 Å². The van der Waals surface area contributed by atoms with Crippen LogP contribution < -0.4 is 0 Å². The Kier molecular flexibility index (Phi) is 5.74. The van der Waals surface area contributed by atoms with Crippen molar-refractivity contribution in [3.05, 3.63) is 64.4 Å². The van der Waals surface area contributed by atoms with Gasteiger partial charge < -0.3 is 10.0 Å². The minimum atomic E-state index is -1.07. The molecule has 0 aliphatic carbocycles. The Labute approximate surface area is 173 Å². The topological polar surface area (TPSA) is 43.8 Å². The highest BCUT2D eigenvalue weighted by Crippen LogP contribution is 2.33. The van der Waals surface area contributed by atoms with Gasteiger partial charge in [-0.15, -0.1) is 0 Å². The van der Waals surface area contributed by atoms with Gasteiger partial charge in [0.05, 0.1) is 11.1 Å². The van der Waals surface area contributed by atoms with Crippen molar-refractivity contribution < 1.29 is 18.7 Å². The number of phenols is 1. The van der Waals surface area contributed by atoms with Crippen molar-refractivity contribution in [1.29, 1.82) is 0 Å². The third-order valence-electron chi connectivity index (χ3n) is 5.96. The first kappa shape index (κ1) is 20.1. The number of halogens is 3. The molecule has 4 nitrogen and oxygen atoms in total. The Morgan fingerprint density at radius 2 is 1.86 bits per heavy atom. The van der Waals surface area contributed by atoms with E-state index in [1.165, 1.54) is 12.1 Å². The van der Waals surface area contributed by atoms with Gasteiger partial charge >= 0.3 is 0 Å². The van der Waals surface area contributed by atoms with Crippen LogP contribution in [-0.4, -0.2) is 52.7 Å². The number of hydrogen-bond acceptors (Lipinski definition) is 3. The van der Waals surface area contributed by atoms with E-state index in [9.17, 15) is 18.7 Å². The van der Waals surface area contributed by atoms with Gasteiger partial charge in [-0.3, -0.25) is 9.69 Å². The fourth-order valence-corrected chi connectivity index (χ4v) is 4.50. The third-order valence-corrected chi connectivity index (χ3v) is 6.27. The number of carbonyl (C=O) groups is 1. The van der Waals surface area contributed by atoms with Crippen LogP contribution >= 0.6 is 11.6 Å². The molecule has 2 aromatic carbocycles. The molecule has 4 rings (SSSR count). The molecule has 0 radical (unpaired) electrons. The minimum Gasteiger partial charge on any atom is -0.508 e. The van der Waals surface area contributed by atoms with E-state index in [1.807, 2.05) is 4.90 Å². The second-order valence-electron chi connectivity index (χ2n) is 7.81. The molecule has 2 heterocycles. The van der Waals surface area contributed by atoms with Crippen molar-refractivity contribution in [2.75, 3.05) is 19.6 Å². The Balaban J connectivity index is 1.38. The standard InChI is InChI=1S/C22H23ClF2N2O2/c23-18-6-1-14(11-19(18)24)12-27-10-8-21(22(27)29)26-9-7-17(20(25)13-26)15-2-4-16(28)5-3-15/h1-6,11,17,20-21,28H,7-10,12-13H2/t17-,20+,21-/m1/s1. The molecule has 0 spiro atoms.